The Hall–Kier alpha value is -0.700. The van der Waals surface area contributed by atoms with Gasteiger partial charge in [-0.15, -0.1) is 0 Å². The molecule has 1 rings (SSSR count). The fourth-order valence-corrected chi connectivity index (χ4v) is 0.825. The van der Waals surface area contributed by atoms with Gasteiger partial charge in [-0.1, -0.05) is 13.8 Å². The van der Waals surface area contributed by atoms with Crippen molar-refractivity contribution in [2.45, 2.75) is 20.3 Å². The Morgan fingerprint density at radius 2 is 2.36 bits per heavy atom. The molecule has 0 spiro atoms. The van der Waals surface area contributed by atoms with Crippen LogP contribution in [0.5, 0.6) is 0 Å². The third kappa shape index (κ3) is 2.42. The van der Waals surface area contributed by atoms with Crippen LogP contribution in [0.3, 0.4) is 0 Å². The summed E-state index contributed by atoms with van der Waals surface area (Å²) in [5.74, 6) is -0.0337. The molecule has 3 nitrogen and oxygen atoms in total. The Balaban J connectivity index is 2.50. The molecule has 0 aromatic carbocycles. The van der Waals surface area contributed by atoms with E-state index in [-0.39, 0.29) is 11.8 Å². The molecule has 1 aliphatic rings. The van der Waals surface area contributed by atoms with Crippen molar-refractivity contribution >= 4 is 11.6 Å². The second-order valence-electron chi connectivity index (χ2n) is 2.97. The largest absolute Gasteiger partial charge is 0.375 e. The molecule has 0 aromatic heterocycles. The number of hydrogen-bond donors (Lipinski definition) is 0. The van der Waals surface area contributed by atoms with Crippen molar-refractivity contribution < 1.29 is 9.53 Å². The highest BCUT2D eigenvalue weighted by atomic mass is 16.5. The Morgan fingerprint density at radius 1 is 1.64 bits per heavy atom. The minimum absolute atomic E-state index is 0.00287. The van der Waals surface area contributed by atoms with Gasteiger partial charge in [0.15, 0.2) is 0 Å². The van der Waals surface area contributed by atoms with Gasteiger partial charge >= 0.3 is 0 Å². The van der Waals surface area contributed by atoms with Gasteiger partial charge in [0.2, 0.25) is 5.91 Å². The molecule has 1 heterocycles. The van der Waals surface area contributed by atoms with E-state index in [9.17, 15) is 4.79 Å². The van der Waals surface area contributed by atoms with Gasteiger partial charge in [-0.2, -0.15) is 0 Å². The number of nitrogens with zero attached hydrogens (tertiary/aromatic N) is 1. The molecule has 0 atom stereocenters. The van der Waals surface area contributed by atoms with Crippen LogP contribution < -0.4 is 0 Å². The van der Waals surface area contributed by atoms with E-state index < -0.39 is 0 Å². The summed E-state index contributed by atoms with van der Waals surface area (Å²) in [7, 11) is 0. The van der Waals surface area contributed by atoms with Crippen LogP contribution in [-0.4, -0.2) is 24.8 Å². The number of hydrogen-bond acceptors (Lipinski definition) is 2. The van der Waals surface area contributed by atoms with Crippen molar-refractivity contribution in [1.29, 1.82) is 0 Å². The average Bonchev–Trinajstić information content (AvgIpc) is 2.39. The zero-order chi connectivity index (χ0) is 8.27. The quantitative estimate of drug-likeness (QED) is 0.567. The lowest BCUT2D eigenvalue weighted by molar-refractivity contribution is -0.120. The van der Waals surface area contributed by atoms with Crippen LogP contribution in [0.2, 0.25) is 0 Å². The predicted molar refractivity (Wildman–Crippen MR) is 42.7 cm³/mol. The van der Waals surface area contributed by atoms with Gasteiger partial charge < -0.3 is 4.74 Å². The van der Waals surface area contributed by atoms with E-state index >= 15 is 0 Å². The standard InChI is InChI=1S/C8H13NO2/c1-6(2)8(10)9-7-3-4-11-5-7/h6H,3-5H2,1-2H3. The zero-order valence-electron chi connectivity index (χ0n) is 6.96. The first kappa shape index (κ1) is 8.40. The van der Waals surface area contributed by atoms with E-state index in [4.69, 9.17) is 4.74 Å². The van der Waals surface area contributed by atoms with Crippen molar-refractivity contribution in [3.8, 4) is 0 Å². The first-order valence-electron chi connectivity index (χ1n) is 3.88. The molecule has 0 aliphatic carbocycles. The van der Waals surface area contributed by atoms with E-state index in [1.807, 2.05) is 13.8 Å². The van der Waals surface area contributed by atoms with Crippen molar-refractivity contribution in [3.05, 3.63) is 0 Å². The number of carbonyl (C=O) groups is 1. The van der Waals surface area contributed by atoms with Crippen LogP contribution in [0.25, 0.3) is 0 Å². The van der Waals surface area contributed by atoms with Crippen LogP contribution in [0.1, 0.15) is 20.3 Å². The molecule has 0 aromatic rings. The minimum atomic E-state index is -0.0366. The Bertz CT molecular complexity index is 177. The normalized spacial score (nSPS) is 21.5. The minimum Gasteiger partial charge on any atom is -0.375 e. The van der Waals surface area contributed by atoms with Crippen LogP contribution in [0.4, 0.5) is 0 Å². The van der Waals surface area contributed by atoms with Crippen molar-refractivity contribution in [2.24, 2.45) is 10.9 Å². The monoisotopic (exact) mass is 155 g/mol. The smallest absolute Gasteiger partial charge is 0.248 e. The van der Waals surface area contributed by atoms with E-state index in [0.29, 0.717) is 13.2 Å². The van der Waals surface area contributed by atoms with Gasteiger partial charge in [-0.05, 0) is 0 Å². The molecular weight excluding hydrogens is 142 g/mol. The maximum absolute atomic E-state index is 11.1. The van der Waals surface area contributed by atoms with Gasteiger partial charge in [0.25, 0.3) is 0 Å². The summed E-state index contributed by atoms with van der Waals surface area (Å²) >= 11 is 0. The molecule has 1 aliphatic heterocycles. The number of rotatable bonds is 1. The molecule has 0 bridgehead atoms. The van der Waals surface area contributed by atoms with Crippen LogP contribution in [-0.2, 0) is 9.53 Å². The van der Waals surface area contributed by atoms with Gasteiger partial charge in [-0.3, -0.25) is 4.79 Å². The van der Waals surface area contributed by atoms with Gasteiger partial charge in [0, 0.05) is 18.1 Å². The predicted octanol–water partition coefficient (Wildman–Crippen LogP) is 1.03. The first-order valence-corrected chi connectivity index (χ1v) is 3.88. The summed E-state index contributed by atoms with van der Waals surface area (Å²) in [5.41, 5.74) is 0.892. The molecule has 0 saturated carbocycles. The summed E-state index contributed by atoms with van der Waals surface area (Å²) in [6, 6.07) is 0. The summed E-state index contributed by atoms with van der Waals surface area (Å²) < 4.78 is 5.05. The van der Waals surface area contributed by atoms with Gasteiger partial charge in [-0.25, -0.2) is 4.99 Å². The highest BCUT2D eigenvalue weighted by molar-refractivity contribution is 5.97. The van der Waals surface area contributed by atoms with Crippen LogP contribution in [0, 0.1) is 5.92 Å². The van der Waals surface area contributed by atoms with Crippen molar-refractivity contribution in [3.63, 3.8) is 0 Å². The lowest BCUT2D eigenvalue weighted by Gasteiger charge is -1.97. The van der Waals surface area contributed by atoms with E-state index in [1.54, 1.807) is 0 Å². The number of ether oxygens (including phenoxy) is 1. The average molecular weight is 155 g/mol. The Kier molecular flexibility index (Phi) is 2.76. The number of carbonyl (C=O) groups excluding carboxylic acids is 1. The maximum Gasteiger partial charge on any atom is 0.248 e. The number of aliphatic imine (C=N–C) groups is 1. The van der Waals surface area contributed by atoms with Crippen LogP contribution >= 0.6 is 0 Å². The Labute approximate surface area is 66.5 Å². The summed E-state index contributed by atoms with van der Waals surface area (Å²) in [5, 5.41) is 0. The second kappa shape index (κ2) is 3.62. The van der Waals surface area contributed by atoms with E-state index in [0.717, 1.165) is 12.1 Å². The van der Waals surface area contributed by atoms with Crippen molar-refractivity contribution in [2.75, 3.05) is 13.2 Å². The van der Waals surface area contributed by atoms with E-state index in [1.165, 1.54) is 0 Å². The topological polar surface area (TPSA) is 38.7 Å². The fourth-order valence-electron chi connectivity index (χ4n) is 0.825. The zero-order valence-corrected chi connectivity index (χ0v) is 6.96. The molecule has 1 saturated heterocycles. The van der Waals surface area contributed by atoms with Crippen molar-refractivity contribution in [1.82, 2.24) is 0 Å². The highest BCUT2D eigenvalue weighted by Gasteiger charge is 2.12. The molecule has 0 radical (unpaired) electrons. The third-order valence-electron chi connectivity index (χ3n) is 1.57. The summed E-state index contributed by atoms with van der Waals surface area (Å²) in [4.78, 5) is 15.0. The molecule has 1 amide bonds. The van der Waals surface area contributed by atoms with E-state index in [2.05, 4.69) is 4.99 Å². The van der Waals surface area contributed by atoms with Gasteiger partial charge in [0.1, 0.15) is 0 Å². The molecule has 3 heteroatoms. The molecular formula is C8H13NO2. The second-order valence-corrected chi connectivity index (χ2v) is 2.97. The molecule has 0 unspecified atom stereocenters. The van der Waals surface area contributed by atoms with Gasteiger partial charge in [0.05, 0.1) is 13.2 Å². The highest BCUT2D eigenvalue weighted by Crippen LogP contribution is 2.03. The SMILES string of the molecule is CC(C)C(=O)N=C1CCOC1. The molecule has 62 valence electrons. The summed E-state index contributed by atoms with van der Waals surface area (Å²) in [6.07, 6.45) is 0.818. The fraction of sp³-hybridized carbons (Fsp3) is 0.750. The molecule has 1 fully saturated rings. The van der Waals surface area contributed by atoms with Crippen LogP contribution in [0.15, 0.2) is 4.99 Å². The summed E-state index contributed by atoms with van der Waals surface area (Å²) in [6.45, 7) is 4.95. The maximum atomic E-state index is 11.1. The first-order chi connectivity index (χ1) is 5.20. The lowest BCUT2D eigenvalue weighted by Crippen LogP contribution is -2.08. The molecule has 11 heavy (non-hydrogen) atoms. The third-order valence-corrected chi connectivity index (χ3v) is 1.57. The number of amides is 1. The molecule has 0 N–H and O–H groups in total. The Morgan fingerprint density at radius 3 is 2.82 bits per heavy atom. The lowest BCUT2D eigenvalue weighted by atomic mass is 10.2.